The number of amidine groups is 1. The van der Waals surface area contributed by atoms with Gasteiger partial charge in [-0.3, -0.25) is 9.78 Å². The van der Waals surface area contributed by atoms with Crippen LogP contribution in [0.1, 0.15) is 28.5 Å². The summed E-state index contributed by atoms with van der Waals surface area (Å²) >= 11 is 6.41. The Labute approximate surface area is 171 Å². The maximum atomic E-state index is 13.5. The minimum absolute atomic E-state index is 0.0127. The zero-order valence-electron chi connectivity index (χ0n) is 15.9. The molecule has 2 aromatic rings. The van der Waals surface area contributed by atoms with Crippen molar-refractivity contribution in [2.75, 3.05) is 13.8 Å². The Hall–Kier alpha value is -2.58. The van der Waals surface area contributed by atoms with Crippen LogP contribution in [-0.4, -0.2) is 42.8 Å². The molecule has 1 aromatic heterocycles. The SMILES string of the molecule is CO[C@H]1[C@@H](CF)OC(N)=N[C@]1(C)c1cc(CC(=O)c2ccc(F)cn2)ccc1Cl. The van der Waals surface area contributed by atoms with Gasteiger partial charge in [0.05, 0.1) is 6.20 Å². The van der Waals surface area contributed by atoms with E-state index in [1.807, 2.05) is 0 Å². The summed E-state index contributed by atoms with van der Waals surface area (Å²) in [5, 5.41) is 0.363. The molecule has 0 radical (unpaired) electrons. The number of alkyl halides is 1. The Morgan fingerprint density at radius 3 is 2.76 bits per heavy atom. The molecule has 2 heterocycles. The van der Waals surface area contributed by atoms with Crippen LogP contribution in [0.4, 0.5) is 8.78 Å². The molecule has 0 aliphatic carbocycles. The van der Waals surface area contributed by atoms with Crippen LogP contribution in [0.15, 0.2) is 41.5 Å². The molecule has 154 valence electrons. The molecule has 0 fully saturated rings. The van der Waals surface area contributed by atoms with Crippen molar-refractivity contribution >= 4 is 23.4 Å². The fourth-order valence-electron chi connectivity index (χ4n) is 3.49. The van der Waals surface area contributed by atoms with E-state index in [2.05, 4.69) is 9.98 Å². The normalized spacial score (nSPS) is 24.0. The molecule has 1 aliphatic rings. The van der Waals surface area contributed by atoms with Gasteiger partial charge >= 0.3 is 0 Å². The van der Waals surface area contributed by atoms with Crippen LogP contribution < -0.4 is 5.73 Å². The maximum Gasteiger partial charge on any atom is 0.283 e. The average molecular weight is 424 g/mol. The van der Waals surface area contributed by atoms with Crippen LogP contribution in [0.5, 0.6) is 0 Å². The number of nitrogens with zero attached hydrogens (tertiary/aromatic N) is 2. The van der Waals surface area contributed by atoms with E-state index in [4.69, 9.17) is 26.8 Å². The van der Waals surface area contributed by atoms with Crippen LogP contribution in [0.3, 0.4) is 0 Å². The van der Waals surface area contributed by atoms with Crippen molar-refractivity contribution in [2.45, 2.75) is 31.1 Å². The second-order valence-corrected chi connectivity index (χ2v) is 7.25. The lowest BCUT2D eigenvalue weighted by Gasteiger charge is -2.41. The molecule has 0 saturated heterocycles. The number of ketones is 1. The molecule has 0 bridgehead atoms. The van der Waals surface area contributed by atoms with Gasteiger partial charge in [0, 0.05) is 24.1 Å². The summed E-state index contributed by atoms with van der Waals surface area (Å²) in [5.41, 5.74) is 5.93. The Bertz CT molecular complexity index is 939. The van der Waals surface area contributed by atoms with E-state index in [0.717, 1.165) is 6.20 Å². The molecule has 1 aliphatic heterocycles. The first kappa shape index (κ1) is 21.1. The van der Waals surface area contributed by atoms with Crippen molar-refractivity contribution in [1.29, 1.82) is 0 Å². The van der Waals surface area contributed by atoms with Gasteiger partial charge in [-0.05, 0) is 30.7 Å². The highest BCUT2D eigenvalue weighted by Crippen LogP contribution is 2.40. The molecule has 29 heavy (non-hydrogen) atoms. The van der Waals surface area contributed by atoms with Crippen molar-refractivity contribution < 1.29 is 23.0 Å². The molecule has 0 saturated carbocycles. The second-order valence-electron chi connectivity index (χ2n) is 6.84. The number of aromatic nitrogens is 1. The van der Waals surface area contributed by atoms with Crippen LogP contribution in [-0.2, 0) is 21.4 Å². The highest BCUT2D eigenvalue weighted by atomic mass is 35.5. The summed E-state index contributed by atoms with van der Waals surface area (Å²) in [6, 6.07) is 7.35. The Morgan fingerprint density at radius 2 is 2.14 bits per heavy atom. The van der Waals surface area contributed by atoms with Gasteiger partial charge in [0.2, 0.25) is 0 Å². The quantitative estimate of drug-likeness (QED) is 0.721. The highest BCUT2D eigenvalue weighted by molar-refractivity contribution is 6.31. The second kappa shape index (κ2) is 8.42. The molecule has 3 rings (SSSR count). The molecule has 0 spiro atoms. The number of carbonyl (C=O) groups excluding carboxylic acids is 1. The van der Waals surface area contributed by atoms with E-state index in [-0.39, 0.29) is 23.9 Å². The van der Waals surface area contributed by atoms with Crippen LogP contribution in [0.25, 0.3) is 0 Å². The van der Waals surface area contributed by atoms with E-state index in [9.17, 15) is 13.6 Å². The predicted octanol–water partition coefficient (Wildman–Crippen LogP) is 3.21. The van der Waals surface area contributed by atoms with Gasteiger partial charge in [-0.2, -0.15) is 0 Å². The van der Waals surface area contributed by atoms with E-state index in [1.54, 1.807) is 25.1 Å². The van der Waals surface area contributed by atoms with Crippen molar-refractivity contribution in [3.63, 3.8) is 0 Å². The number of methoxy groups -OCH3 is 1. The zero-order chi connectivity index (χ0) is 21.2. The van der Waals surface area contributed by atoms with Gasteiger partial charge in [0.25, 0.3) is 6.02 Å². The van der Waals surface area contributed by atoms with Crippen molar-refractivity contribution in [3.8, 4) is 0 Å². The molecule has 3 atom stereocenters. The third-order valence-corrected chi connectivity index (χ3v) is 5.20. The minimum atomic E-state index is -1.13. The van der Waals surface area contributed by atoms with Gasteiger partial charge < -0.3 is 15.2 Å². The van der Waals surface area contributed by atoms with Crippen LogP contribution in [0, 0.1) is 5.82 Å². The molecule has 6 nitrogen and oxygen atoms in total. The average Bonchev–Trinajstić information content (AvgIpc) is 2.69. The van der Waals surface area contributed by atoms with Gasteiger partial charge in [0.15, 0.2) is 11.9 Å². The number of pyridine rings is 1. The summed E-state index contributed by atoms with van der Waals surface area (Å²) < 4.78 is 37.2. The highest BCUT2D eigenvalue weighted by Gasteiger charge is 2.47. The van der Waals surface area contributed by atoms with E-state index < -0.39 is 30.2 Å². The molecule has 0 amide bonds. The number of Topliss-reactive ketones (excluding diaryl/α,β-unsaturated/α-hetero) is 1. The third kappa shape index (κ3) is 4.23. The number of carbonyl (C=O) groups is 1. The summed E-state index contributed by atoms with van der Waals surface area (Å²) in [6.07, 6.45) is -0.741. The lowest BCUT2D eigenvalue weighted by Crippen LogP contribution is -2.53. The molecule has 1 aromatic carbocycles. The molecule has 2 N–H and O–H groups in total. The summed E-state index contributed by atoms with van der Waals surface area (Å²) in [4.78, 5) is 20.6. The number of aliphatic imine (C=N–C) groups is 1. The lowest BCUT2D eigenvalue weighted by molar-refractivity contribution is -0.0697. The summed E-state index contributed by atoms with van der Waals surface area (Å²) in [6.45, 7) is 0.893. The largest absolute Gasteiger partial charge is 0.456 e. The Balaban J connectivity index is 1.97. The number of benzene rings is 1. The van der Waals surface area contributed by atoms with E-state index in [1.165, 1.54) is 19.2 Å². The number of ether oxygens (including phenoxy) is 2. The molecule has 9 heteroatoms. The van der Waals surface area contributed by atoms with Gasteiger partial charge in [-0.25, -0.2) is 13.8 Å². The molecule has 0 unspecified atom stereocenters. The third-order valence-electron chi connectivity index (χ3n) is 4.87. The summed E-state index contributed by atoms with van der Waals surface area (Å²) in [5.74, 6) is -0.811. The molecular weight excluding hydrogens is 404 g/mol. The first-order chi connectivity index (χ1) is 13.8. The number of rotatable bonds is 6. The lowest BCUT2D eigenvalue weighted by atomic mass is 9.82. The standard InChI is InChI=1S/C20H20ClF2N3O3/c1-20(18(28-2)17(9-22)29-19(24)26-20)13-7-11(3-5-14(13)21)8-16(27)15-6-4-12(23)10-25-15/h3-7,10,17-18H,8-9H2,1-2H3,(H2,24,26)/t17-,18+,20-/m1/s1. The monoisotopic (exact) mass is 423 g/mol. The maximum absolute atomic E-state index is 13.5. The van der Waals surface area contributed by atoms with Crippen molar-refractivity contribution in [2.24, 2.45) is 10.7 Å². The minimum Gasteiger partial charge on any atom is -0.456 e. The first-order valence-corrected chi connectivity index (χ1v) is 9.20. The summed E-state index contributed by atoms with van der Waals surface area (Å²) in [7, 11) is 1.42. The van der Waals surface area contributed by atoms with Crippen LogP contribution >= 0.6 is 11.6 Å². The number of nitrogens with two attached hydrogens (primary N) is 1. The zero-order valence-corrected chi connectivity index (χ0v) is 16.6. The van der Waals surface area contributed by atoms with E-state index in [0.29, 0.717) is 16.1 Å². The molecular formula is C20H20ClF2N3O3. The van der Waals surface area contributed by atoms with Gasteiger partial charge in [-0.15, -0.1) is 0 Å². The fraction of sp³-hybridized carbons (Fsp3) is 0.350. The Kier molecular flexibility index (Phi) is 6.14. The Morgan fingerprint density at radius 1 is 1.38 bits per heavy atom. The van der Waals surface area contributed by atoms with Gasteiger partial charge in [0.1, 0.15) is 29.8 Å². The van der Waals surface area contributed by atoms with Crippen molar-refractivity contribution in [1.82, 2.24) is 4.98 Å². The van der Waals surface area contributed by atoms with E-state index >= 15 is 0 Å². The smallest absolute Gasteiger partial charge is 0.283 e. The fourth-order valence-corrected chi connectivity index (χ4v) is 3.80. The first-order valence-electron chi connectivity index (χ1n) is 8.83. The number of hydrogen-bond acceptors (Lipinski definition) is 6. The van der Waals surface area contributed by atoms with Gasteiger partial charge in [-0.1, -0.05) is 23.7 Å². The number of hydrogen-bond donors (Lipinski definition) is 1. The number of halogens is 3. The predicted molar refractivity (Wildman–Crippen MR) is 104 cm³/mol. The van der Waals surface area contributed by atoms with Crippen LogP contribution in [0.2, 0.25) is 5.02 Å². The topological polar surface area (TPSA) is 86.8 Å². The van der Waals surface area contributed by atoms with Crippen molar-refractivity contribution in [3.05, 3.63) is 64.2 Å².